The first-order valence-electron chi connectivity index (χ1n) is 9.85. The van der Waals surface area contributed by atoms with Gasteiger partial charge < -0.3 is 9.84 Å². The van der Waals surface area contributed by atoms with Gasteiger partial charge in [-0.15, -0.1) is 0 Å². The molecule has 0 aliphatic carbocycles. The highest BCUT2D eigenvalue weighted by Gasteiger charge is 2.33. The molecule has 0 unspecified atom stereocenters. The third-order valence-corrected chi connectivity index (χ3v) is 6.83. The molecule has 0 bridgehead atoms. The van der Waals surface area contributed by atoms with Crippen LogP contribution in [0.1, 0.15) is 16.1 Å². The third kappa shape index (κ3) is 4.73. The number of hydrogen-bond donors (Lipinski definition) is 1. The minimum Gasteiger partial charge on any atom is -0.477 e. The maximum atomic E-state index is 14.0. The van der Waals surface area contributed by atoms with Crippen LogP contribution in [0.4, 0.5) is 26.3 Å². The molecule has 0 radical (unpaired) electrons. The van der Waals surface area contributed by atoms with E-state index in [0.717, 1.165) is 36.4 Å². The average molecular weight is 529 g/mol. The van der Waals surface area contributed by atoms with E-state index in [2.05, 4.69) is 4.74 Å². The van der Waals surface area contributed by atoms with E-state index in [1.54, 1.807) is 0 Å². The summed E-state index contributed by atoms with van der Waals surface area (Å²) < 4.78 is 110. The quantitative estimate of drug-likeness (QED) is 0.310. The van der Waals surface area contributed by atoms with Crippen molar-refractivity contribution in [3.63, 3.8) is 0 Å². The normalized spacial score (nSPS) is 12.3. The summed E-state index contributed by atoms with van der Waals surface area (Å²) in [7, 11) is -4.87. The molecule has 36 heavy (non-hydrogen) atoms. The van der Waals surface area contributed by atoms with Crippen LogP contribution in [-0.2, 0) is 16.2 Å². The van der Waals surface area contributed by atoms with Gasteiger partial charge in [0.15, 0.2) is 0 Å². The van der Waals surface area contributed by atoms with E-state index in [-0.39, 0.29) is 22.0 Å². The molecule has 0 aliphatic heterocycles. The third-order valence-electron chi connectivity index (χ3n) is 5.11. The number of fused-ring (bicyclic) bond motifs is 1. The number of hydrogen-bond acceptors (Lipinski definition) is 4. The lowest BCUT2D eigenvalue weighted by atomic mass is 10.0. The van der Waals surface area contributed by atoms with Gasteiger partial charge in [-0.2, -0.15) is 22.0 Å². The highest BCUT2D eigenvalue weighted by atomic mass is 32.2. The molecule has 0 saturated carbocycles. The number of nitrogens with zero attached hydrogens (tertiary/aromatic N) is 1. The summed E-state index contributed by atoms with van der Waals surface area (Å²) in [5.41, 5.74) is -2.18. The van der Waals surface area contributed by atoms with E-state index in [1.165, 1.54) is 12.1 Å². The topological polar surface area (TPSA) is 85.6 Å². The second-order valence-corrected chi connectivity index (χ2v) is 9.24. The molecule has 1 N–H and O–H groups in total. The number of benzene rings is 3. The zero-order valence-electron chi connectivity index (χ0n) is 17.6. The van der Waals surface area contributed by atoms with E-state index in [4.69, 9.17) is 0 Å². The highest BCUT2D eigenvalue weighted by molar-refractivity contribution is 7.90. The standard InChI is InChI=1S/C23H13F6NO5S/c24-16-6-14(7-17(11-16)35-22(25)26)12-4-5-13-9-20(21(31)32)30(19(13)8-12)36(33,34)18-3-1-2-15(10-18)23(27,28)29/h1-11,22H,(H,31,32). The van der Waals surface area contributed by atoms with Crippen LogP contribution in [0.5, 0.6) is 5.75 Å². The molecule has 0 aliphatic rings. The predicted molar refractivity (Wildman–Crippen MR) is 115 cm³/mol. The molecule has 6 nitrogen and oxygen atoms in total. The van der Waals surface area contributed by atoms with Gasteiger partial charge in [0.2, 0.25) is 0 Å². The van der Waals surface area contributed by atoms with Gasteiger partial charge >= 0.3 is 18.8 Å². The lowest BCUT2D eigenvalue weighted by Crippen LogP contribution is -2.19. The van der Waals surface area contributed by atoms with E-state index in [9.17, 15) is 44.7 Å². The first-order valence-corrected chi connectivity index (χ1v) is 11.3. The molecule has 1 aromatic heterocycles. The molecule has 0 atom stereocenters. The zero-order chi connectivity index (χ0) is 26.4. The summed E-state index contributed by atoms with van der Waals surface area (Å²) in [5, 5.41) is 9.69. The fourth-order valence-electron chi connectivity index (χ4n) is 3.60. The number of carboxylic acid groups (broad SMARTS) is 1. The maximum Gasteiger partial charge on any atom is 0.416 e. The minimum atomic E-state index is -4.87. The number of carbonyl (C=O) groups is 1. The number of halogens is 6. The number of alkyl halides is 5. The SMILES string of the molecule is O=C(O)c1cc2ccc(-c3cc(F)cc(OC(F)F)c3)cc2n1S(=O)(=O)c1cccc(C(F)(F)F)c1. The lowest BCUT2D eigenvalue weighted by molar-refractivity contribution is -0.137. The minimum absolute atomic E-state index is 0.00589. The molecule has 13 heteroatoms. The Labute approximate surface area is 199 Å². The maximum absolute atomic E-state index is 14.0. The summed E-state index contributed by atoms with van der Waals surface area (Å²) in [5.74, 6) is -3.14. The Morgan fingerprint density at radius 2 is 1.67 bits per heavy atom. The van der Waals surface area contributed by atoms with Crippen LogP contribution in [-0.4, -0.2) is 30.1 Å². The van der Waals surface area contributed by atoms with Crippen LogP contribution < -0.4 is 4.74 Å². The van der Waals surface area contributed by atoms with Crippen molar-refractivity contribution < 1.29 is 49.4 Å². The van der Waals surface area contributed by atoms with Crippen molar-refractivity contribution in [2.45, 2.75) is 17.7 Å². The van der Waals surface area contributed by atoms with Gasteiger partial charge in [0, 0.05) is 11.5 Å². The molecule has 0 amide bonds. The molecular formula is C23H13F6NO5S. The highest BCUT2D eigenvalue weighted by Crippen LogP contribution is 2.34. The predicted octanol–water partition coefficient (Wildman–Crippen LogP) is 6.00. The van der Waals surface area contributed by atoms with Crippen LogP contribution in [0.3, 0.4) is 0 Å². The Balaban J connectivity index is 1.94. The molecule has 1 heterocycles. The summed E-state index contributed by atoms with van der Waals surface area (Å²) in [4.78, 5) is 11.0. The zero-order valence-corrected chi connectivity index (χ0v) is 18.4. The van der Waals surface area contributed by atoms with Gasteiger partial charge in [0.05, 0.1) is 16.0 Å². The molecule has 0 spiro atoms. The lowest BCUT2D eigenvalue weighted by Gasteiger charge is -2.13. The van der Waals surface area contributed by atoms with Gasteiger partial charge in [-0.05, 0) is 53.6 Å². The number of rotatable bonds is 6. The first kappa shape index (κ1) is 25.1. The van der Waals surface area contributed by atoms with Gasteiger partial charge in [-0.1, -0.05) is 18.2 Å². The second kappa shape index (κ2) is 8.90. The smallest absolute Gasteiger partial charge is 0.416 e. The Hall–Kier alpha value is -4.00. The number of ether oxygens (including phenoxy) is 1. The van der Waals surface area contributed by atoms with Gasteiger partial charge in [0.25, 0.3) is 10.0 Å². The van der Waals surface area contributed by atoms with Crippen LogP contribution >= 0.6 is 0 Å². The summed E-state index contributed by atoms with van der Waals surface area (Å²) in [6.45, 7) is -3.24. The van der Waals surface area contributed by atoms with Gasteiger partial charge in [0.1, 0.15) is 17.3 Å². The van der Waals surface area contributed by atoms with Crippen molar-refractivity contribution in [3.8, 4) is 16.9 Å². The monoisotopic (exact) mass is 529 g/mol. The molecular weight excluding hydrogens is 516 g/mol. The molecule has 4 rings (SSSR count). The van der Waals surface area contributed by atoms with E-state index >= 15 is 0 Å². The Morgan fingerprint density at radius 1 is 0.944 bits per heavy atom. The summed E-state index contributed by atoms with van der Waals surface area (Å²) in [6.07, 6.45) is -4.86. The Morgan fingerprint density at radius 3 is 2.31 bits per heavy atom. The van der Waals surface area contributed by atoms with Crippen LogP contribution in [0, 0.1) is 5.82 Å². The van der Waals surface area contributed by atoms with Crippen molar-refractivity contribution in [1.29, 1.82) is 0 Å². The van der Waals surface area contributed by atoms with Crippen molar-refractivity contribution in [1.82, 2.24) is 3.97 Å². The number of carboxylic acids is 1. The van der Waals surface area contributed by atoms with Crippen LogP contribution in [0.2, 0.25) is 0 Å². The molecule has 0 fully saturated rings. The Bertz CT molecular complexity index is 1590. The second-order valence-electron chi connectivity index (χ2n) is 7.46. The van der Waals surface area contributed by atoms with Gasteiger partial charge in [-0.3, -0.25) is 0 Å². The van der Waals surface area contributed by atoms with Crippen molar-refractivity contribution in [2.24, 2.45) is 0 Å². The number of aromatic carboxylic acids is 1. The van der Waals surface area contributed by atoms with E-state index in [0.29, 0.717) is 22.2 Å². The Kier molecular flexibility index (Phi) is 6.20. The molecule has 188 valence electrons. The van der Waals surface area contributed by atoms with E-state index in [1.807, 2.05) is 0 Å². The molecule has 0 saturated heterocycles. The summed E-state index contributed by atoms with van der Waals surface area (Å²) >= 11 is 0. The van der Waals surface area contributed by atoms with E-state index < -0.39 is 56.5 Å². The fourth-order valence-corrected chi connectivity index (χ4v) is 5.15. The van der Waals surface area contributed by atoms with Crippen LogP contribution in [0.15, 0.2) is 71.6 Å². The molecule has 4 aromatic rings. The van der Waals surface area contributed by atoms with Crippen molar-refractivity contribution >= 4 is 26.9 Å². The van der Waals surface area contributed by atoms with Gasteiger partial charge in [-0.25, -0.2) is 21.6 Å². The number of aromatic nitrogens is 1. The van der Waals surface area contributed by atoms with Crippen molar-refractivity contribution in [3.05, 3.63) is 83.8 Å². The summed E-state index contributed by atoms with van der Waals surface area (Å²) in [6, 6.07) is 10.3. The average Bonchev–Trinajstić information content (AvgIpc) is 3.18. The molecule has 3 aromatic carbocycles. The van der Waals surface area contributed by atoms with Crippen molar-refractivity contribution in [2.75, 3.05) is 0 Å². The first-order chi connectivity index (χ1) is 16.8. The largest absolute Gasteiger partial charge is 0.477 e. The van der Waals surface area contributed by atoms with Crippen LogP contribution in [0.25, 0.3) is 22.0 Å². The fraction of sp³-hybridized carbons (Fsp3) is 0.0870.